The molecule has 0 atom stereocenters. The zero-order valence-corrected chi connectivity index (χ0v) is 19.9. The molecule has 1 aromatic heterocycles. The Hall–Kier alpha value is -2.88. The molecular weight excluding hydrogens is 382 g/mol. The summed E-state index contributed by atoms with van der Waals surface area (Å²) >= 11 is 0. The molecule has 4 N–H and O–H groups in total. The molecule has 0 unspecified atom stereocenters. The van der Waals surface area contributed by atoms with Crippen LogP contribution in [-0.4, -0.2) is 16.3 Å². The molecule has 0 radical (unpaired) electrons. The van der Waals surface area contributed by atoms with Crippen LogP contribution in [0.25, 0.3) is 22.2 Å². The standard InChI is InChI=1S/C23H25N3O.2C2H6/c1-13-10-15(11-14(2)23(13)27)22-17-7-5-3-4-6-16(17)21-18(12-24)19(25)8-9-20(21)26-22;2*1-2/h8-12,24,27H,3-7,25H2,1-2H3;2*1-2H3. The minimum Gasteiger partial charge on any atom is -0.507 e. The van der Waals surface area contributed by atoms with Crippen LogP contribution in [0, 0.1) is 19.3 Å². The van der Waals surface area contributed by atoms with Gasteiger partial charge in [-0.1, -0.05) is 34.1 Å². The lowest BCUT2D eigenvalue weighted by atomic mass is 9.90. The van der Waals surface area contributed by atoms with Gasteiger partial charge in [0.15, 0.2) is 0 Å². The summed E-state index contributed by atoms with van der Waals surface area (Å²) in [6.07, 6.45) is 6.82. The van der Waals surface area contributed by atoms with Gasteiger partial charge in [-0.2, -0.15) is 0 Å². The van der Waals surface area contributed by atoms with Gasteiger partial charge < -0.3 is 16.2 Å². The van der Waals surface area contributed by atoms with Gasteiger partial charge in [-0.05, 0) is 86.1 Å². The van der Waals surface area contributed by atoms with Crippen LogP contribution in [0.5, 0.6) is 5.75 Å². The number of nitrogens with two attached hydrogens (primary N) is 1. The number of hydrogen-bond donors (Lipinski definition) is 3. The predicted molar refractivity (Wildman–Crippen MR) is 135 cm³/mol. The van der Waals surface area contributed by atoms with Crippen LogP contribution in [-0.2, 0) is 12.8 Å². The molecule has 1 aliphatic carbocycles. The van der Waals surface area contributed by atoms with E-state index in [-0.39, 0.29) is 0 Å². The average molecular weight is 420 g/mol. The second kappa shape index (κ2) is 10.9. The highest BCUT2D eigenvalue weighted by Crippen LogP contribution is 2.38. The van der Waals surface area contributed by atoms with E-state index in [1.54, 1.807) is 0 Å². The molecule has 3 aromatic rings. The quantitative estimate of drug-likeness (QED) is 0.235. The zero-order valence-electron chi connectivity index (χ0n) is 19.9. The van der Waals surface area contributed by atoms with Gasteiger partial charge in [0.1, 0.15) is 5.75 Å². The first-order valence-electron chi connectivity index (χ1n) is 11.6. The Morgan fingerprint density at radius 1 is 0.935 bits per heavy atom. The number of aryl methyl sites for hydroxylation is 3. The maximum atomic E-state index is 10.2. The van der Waals surface area contributed by atoms with E-state index in [0.29, 0.717) is 11.4 Å². The Kier molecular flexibility index (Phi) is 8.61. The summed E-state index contributed by atoms with van der Waals surface area (Å²) in [4.78, 5) is 5.02. The van der Waals surface area contributed by atoms with Crippen molar-refractivity contribution >= 4 is 22.8 Å². The van der Waals surface area contributed by atoms with Crippen molar-refractivity contribution in [1.29, 1.82) is 5.41 Å². The molecule has 1 aliphatic rings. The van der Waals surface area contributed by atoms with Crippen LogP contribution < -0.4 is 5.73 Å². The fourth-order valence-corrected chi connectivity index (χ4v) is 4.33. The van der Waals surface area contributed by atoms with Gasteiger partial charge in [0, 0.05) is 28.4 Å². The number of nitrogens with zero attached hydrogens (tertiary/aromatic N) is 1. The molecule has 2 aromatic carbocycles. The molecule has 0 spiro atoms. The molecule has 0 amide bonds. The summed E-state index contributed by atoms with van der Waals surface area (Å²) in [6, 6.07) is 7.86. The van der Waals surface area contributed by atoms with Gasteiger partial charge in [0.2, 0.25) is 0 Å². The van der Waals surface area contributed by atoms with Crippen molar-refractivity contribution in [3.05, 3.63) is 52.1 Å². The van der Waals surface area contributed by atoms with Gasteiger partial charge in [-0.15, -0.1) is 0 Å². The van der Waals surface area contributed by atoms with Crippen molar-refractivity contribution in [2.24, 2.45) is 0 Å². The topological polar surface area (TPSA) is 83.0 Å². The number of benzene rings is 2. The number of phenols is 1. The molecular formula is C27H37N3O. The smallest absolute Gasteiger partial charge is 0.121 e. The van der Waals surface area contributed by atoms with Crippen LogP contribution in [0.2, 0.25) is 0 Å². The fraction of sp³-hybridized carbons (Fsp3) is 0.407. The molecule has 1 heterocycles. The van der Waals surface area contributed by atoms with Gasteiger partial charge in [0.05, 0.1) is 11.2 Å². The number of rotatable bonds is 2. The van der Waals surface area contributed by atoms with Gasteiger partial charge in [0.25, 0.3) is 0 Å². The SMILES string of the molecule is CC.CC.Cc1cc(-c2nc3ccc(N)c(C=N)c3c3c2CCCCC3)cc(C)c1O. The summed E-state index contributed by atoms with van der Waals surface area (Å²) in [5, 5.41) is 19.1. The Morgan fingerprint density at radius 2 is 1.52 bits per heavy atom. The molecule has 0 bridgehead atoms. The molecule has 0 saturated carbocycles. The minimum absolute atomic E-state index is 0.351. The van der Waals surface area contributed by atoms with E-state index >= 15 is 0 Å². The van der Waals surface area contributed by atoms with Crippen LogP contribution in [0.1, 0.15) is 74.8 Å². The molecule has 31 heavy (non-hydrogen) atoms. The molecule has 4 nitrogen and oxygen atoms in total. The number of anilines is 1. The fourth-order valence-electron chi connectivity index (χ4n) is 4.33. The normalized spacial score (nSPS) is 12.6. The van der Waals surface area contributed by atoms with Crippen LogP contribution >= 0.6 is 0 Å². The van der Waals surface area contributed by atoms with Crippen LogP contribution in [0.15, 0.2) is 24.3 Å². The summed E-state index contributed by atoms with van der Waals surface area (Å²) in [6.45, 7) is 11.9. The number of fused-ring (bicyclic) bond motifs is 3. The number of aromatic nitrogens is 1. The zero-order chi connectivity index (χ0) is 23.1. The highest BCUT2D eigenvalue weighted by atomic mass is 16.3. The third-order valence-corrected chi connectivity index (χ3v) is 5.70. The van der Waals surface area contributed by atoms with E-state index in [9.17, 15) is 5.11 Å². The van der Waals surface area contributed by atoms with Gasteiger partial charge in [-0.3, -0.25) is 0 Å². The molecule has 0 fully saturated rings. The van der Waals surface area contributed by atoms with Crippen molar-refractivity contribution in [2.75, 3.05) is 5.73 Å². The van der Waals surface area contributed by atoms with Gasteiger partial charge in [-0.25, -0.2) is 4.98 Å². The highest BCUT2D eigenvalue weighted by molar-refractivity contribution is 6.05. The first-order valence-corrected chi connectivity index (χ1v) is 11.6. The summed E-state index contributed by atoms with van der Waals surface area (Å²) in [5.41, 5.74) is 14.8. The summed E-state index contributed by atoms with van der Waals surface area (Å²) in [5.74, 6) is 0.351. The van der Waals surface area contributed by atoms with Crippen molar-refractivity contribution in [3.63, 3.8) is 0 Å². The largest absolute Gasteiger partial charge is 0.507 e. The third kappa shape index (κ3) is 4.73. The van der Waals surface area contributed by atoms with Crippen molar-refractivity contribution in [2.45, 2.75) is 73.6 Å². The number of hydrogen-bond acceptors (Lipinski definition) is 4. The Bertz CT molecular complexity index is 1050. The number of nitrogens with one attached hydrogen (secondary N) is 1. The monoisotopic (exact) mass is 419 g/mol. The second-order valence-electron chi connectivity index (χ2n) is 7.54. The maximum Gasteiger partial charge on any atom is 0.121 e. The first-order chi connectivity index (χ1) is 15.0. The Morgan fingerprint density at radius 3 is 2.10 bits per heavy atom. The first kappa shape index (κ1) is 24.4. The third-order valence-electron chi connectivity index (χ3n) is 5.70. The van der Waals surface area contributed by atoms with E-state index in [1.807, 2.05) is 65.8 Å². The summed E-state index contributed by atoms with van der Waals surface area (Å²) in [7, 11) is 0. The number of phenolic OH excluding ortho intramolecular Hbond substituents is 1. The minimum atomic E-state index is 0.351. The molecule has 166 valence electrons. The van der Waals surface area contributed by atoms with Gasteiger partial charge >= 0.3 is 0 Å². The lowest BCUT2D eigenvalue weighted by Gasteiger charge is -2.18. The molecule has 4 heteroatoms. The van der Waals surface area contributed by atoms with Crippen LogP contribution in [0.4, 0.5) is 5.69 Å². The Balaban J connectivity index is 0.000000807. The van der Waals surface area contributed by atoms with E-state index in [0.717, 1.165) is 64.5 Å². The second-order valence-corrected chi connectivity index (χ2v) is 7.54. The number of aromatic hydroxyl groups is 1. The average Bonchev–Trinajstić information content (AvgIpc) is 3.05. The van der Waals surface area contributed by atoms with E-state index < -0.39 is 0 Å². The lowest BCUT2D eigenvalue weighted by Crippen LogP contribution is -2.04. The predicted octanol–water partition coefficient (Wildman–Crippen LogP) is 7.13. The number of nitrogen functional groups attached to an aromatic ring is 1. The molecule has 0 saturated heterocycles. The maximum absolute atomic E-state index is 10.2. The van der Waals surface area contributed by atoms with E-state index in [4.69, 9.17) is 16.1 Å². The highest BCUT2D eigenvalue weighted by Gasteiger charge is 2.21. The van der Waals surface area contributed by atoms with E-state index in [2.05, 4.69) is 0 Å². The molecule has 4 rings (SSSR count). The van der Waals surface area contributed by atoms with Crippen LogP contribution in [0.3, 0.4) is 0 Å². The van der Waals surface area contributed by atoms with Crippen molar-refractivity contribution in [3.8, 4) is 17.0 Å². The lowest BCUT2D eigenvalue weighted by molar-refractivity contribution is 0.467. The van der Waals surface area contributed by atoms with Crippen molar-refractivity contribution < 1.29 is 5.11 Å². The summed E-state index contributed by atoms with van der Waals surface area (Å²) < 4.78 is 0. The van der Waals surface area contributed by atoms with Crippen molar-refractivity contribution in [1.82, 2.24) is 4.98 Å². The molecule has 0 aliphatic heterocycles. The Labute approximate surface area is 187 Å². The van der Waals surface area contributed by atoms with E-state index in [1.165, 1.54) is 23.8 Å². The number of pyridine rings is 1.